The Morgan fingerprint density at radius 3 is 2.82 bits per heavy atom. The van der Waals surface area contributed by atoms with E-state index < -0.39 is 0 Å². The van der Waals surface area contributed by atoms with E-state index >= 15 is 0 Å². The topological polar surface area (TPSA) is 33.0 Å². The van der Waals surface area contributed by atoms with Crippen molar-refractivity contribution in [3.8, 4) is 0 Å². The molecule has 3 rings (SSSR count). The van der Waals surface area contributed by atoms with Crippen LogP contribution in [-0.2, 0) is 30.6 Å². The highest BCUT2D eigenvalue weighted by Crippen LogP contribution is 2.24. The molecule has 0 saturated carbocycles. The van der Waals surface area contributed by atoms with Crippen molar-refractivity contribution in [2.45, 2.75) is 46.1 Å². The normalized spacial score (nSPS) is 13.0. The van der Waals surface area contributed by atoms with E-state index in [-0.39, 0.29) is 5.91 Å². The molecule has 1 aromatic heterocycles. The number of anilines is 1. The number of amides is 1. The molecular formula is C19H23N2O+. The Hall–Kier alpha value is -2.16. The van der Waals surface area contributed by atoms with Crippen LogP contribution in [0.15, 0.2) is 36.5 Å². The highest BCUT2D eigenvalue weighted by molar-refractivity contribution is 5.89. The Labute approximate surface area is 132 Å². The number of hydrogen-bond donors (Lipinski definition) is 1. The molecule has 22 heavy (non-hydrogen) atoms. The number of fused-ring (bicyclic) bond motifs is 1. The minimum Gasteiger partial charge on any atom is -0.321 e. The summed E-state index contributed by atoms with van der Waals surface area (Å²) in [6.45, 7) is 4.51. The standard InChI is InChI=1S/C19H22N2O/c1-3-15-8-7-14(2)21(12-15)13-19(22)20-18-10-9-16-5-4-6-17(16)11-18/h7-12H,3-6,13H2,1-2H3/p+1. The van der Waals surface area contributed by atoms with Crippen LogP contribution in [0.4, 0.5) is 5.69 Å². The lowest BCUT2D eigenvalue weighted by molar-refractivity contribution is -0.690. The van der Waals surface area contributed by atoms with Gasteiger partial charge in [-0.1, -0.05) is 13.0 Å². The van der Waals surface area contributed by atoms with Crippen molar-refractivity contribution < 1.29 is 9.36 Å². The lowest BCUT2D eigenvalue weighted by Crippen LogP contribution is -2.43. The van der Waals surface area contributed by atoms with Crippen molar-refractivity contribution in [2.24, 2.45) is 0 Å². The third-order valence-corrected chi connectivity index (χ3v) is 4.42. The van der Waals surface area contributed by atoms with Gasteiger partial charge in [0.05, 0.1) is 0 Å². The third-order valence-electron chi connectivity index (χ3n) is 4.42. The lowest BCUT2D eigenvalue weighted by atomic mass is 10.1. The first kappa shape index (κ1) is 14.8. The molecule has 3 nitrogen and oxygen atoms in total. The number of carbonyl (C=O) groups is 1. The van der Waals surface area contributed by atoms with Crippen LogP contribution in [0, 0.1) is 6.92 Å². The second-order valence-corrected chi connectivity index (χ2v) is 6.05. The van der Waals surface area contributed by atoms with Crippen molar-refractivity contribution in [1.29, 1.82) is 0 Å². The molecule has 3 heteroatoms. The van der Waals surface area contributed by atoms with Crippen LogP contribution in [0.25, 0.3) is 0 Å². The van der Waals surface area contributed by atoms with Gasteiger partial charge in [-0.2, -0.15) is 4.57 Å². The molecular weight excluding hydrogens is 272 g/mol. The monoisotopic (exact) mass is 295 g/mol. The Balaban J connectivity index is 1.70. The van der Waals surface area contributed by atoms with Gasteiger partial charge < -0.3 is 5.32 Å². The SMILES string of the molecule is CCc1ccc(C)[n+](CC(=O)Nc2ccc3c(c2)CCC3)c1. The molecule has 1 N–H and O–H groups in total. The summed E-state index contributed by atoms with van der Waals surface area (Å²) in [5.41, 5.74) is 6.07. The Morgan fingerprint density at radius 2 is 2.00 bits per heavy atom. The van der Waals surface area contributed by atoms with Gasteiger partial charge >= 0.3 is 0 Å². The quantitative estimate of drug-likeness (QED) is 0.864. The van der Waals surface area contributed by atoms with Gasteiger partial charge in [0, 0.05) is 24.2 Å². The van der Waals surface area contributed by atoms with Crippen LogP contribution >= 0.6 is 0 Å². The first-order chi connectivity index (χ1) is 10.7. The highest BCUT2D eigenvalue weighted by Gasteiger charge is 2.15. The molecule has 0 aliphatic heterocycles. The number of aromatic nitrogens is 1. The molecule has 0 unspecified atom stereocenters. The van der Waals surface area contributed by atoms with Crippen molar-refractivity contribution >= 4 is 11.6 Å². The van der Waals surface area contributed by atoms with Crippen LogP contribution in [0.2, 0.25) is 0 Å². The van der Waals surface area contributed by atoms with Crippen molar-refractivity contribution in [3.63, 3.8) is 0 Å². The number of carbonyl (C=O) groups excluding carboxylic acids is 1. The fourth-order valence-electron chi connectivity index (χ4n) is 3.05. The molecule has 2 aromatic rings. The van der Waals surface area contributed by atoms with Crippen LogP contribution in [0.1, 0.15) is 35.7 Å². The first-order valence-electron chi connectivity index (χ1n) is 8.06. The molecule has 0 atom stereocenters. The Morgan fingerprint density at radius 1 is 1.18 bits per heavy atom. The minimum absolute atomic E-state index is 0.0271. The summed E-state index contributed by atoms with van der Waals surface area (Å²) in [5, 5.41) is 3.03. The fraction of sp³-hybridized carbons (Fsp3) is 0.368. The summed E-state index contributed by atoms with van der Waals surface area (Å²) in [5.74, 6) is 0.0271. The van der Waals surface area contributed by atoms with E-state index in [0.717, 1.165) is 24.2 Å². The Bertz CT molecular complexity index is 707. The number of pyridine rings is 1. The summed E-state index contributed by atoms with van der Waals surface area (Å²) in [4.78, 5) is 12.3. The summed E-state index contributed by atoms with van der Waals surface area (Å²) < 4.78 is 2.02. The average molecular weight is 295 g/mol. The minimum atomic E-state index is 0.0271. The molecule has 1 heterocycles. The van der Waals surface area contributed by atoms with Gasteiger partial charge in [0.1, 0.15) is 0 Å². The maximum absolute atomic E-state index is 12.3. The van der Waals surface area contributed by atoms with Gasteiger partial charge in [-0.3, -0.25) is 4.79 Å². The maximum Gasteiger partial charge on any atom is 0.290 e. The summed E-state index contributed by atoms with van der Waals surface area (Å²) in [7, 11) is 0. The zero-order valence-corrected chi connectivity index (χ0v) is 13.4. The second kappa shape index (κ2) is 6.30. The van der Waals surface area contributed by atoms with Crippen LogP contribution in [0.3, 0.4) is 0 Å². The van der Waals surface area contributed by atoms with E-state index in [0.29, 0.717) is 6.54 Å². The van der Waals surface area contributed by atoms with Gasteiger partial charge in [-0.15, -0.1) is 0 Å². The smallest absolute Gasteiger partial charge is 0.290 e. The maximum atomic E-state index is 12.3. The molecule has 114 valence electrons. The van der Waals surface area contributed by atoms with Crippen molar-refractivity contribution in [3.05, 3.63) is 58.9 Å². The number of aryl methyl sites for hydroxylation is 4. The molecule has 1 aliphatic carbocycles. The second-order valence-electron chi connectivity index (χ2n) is 6.05. The fourth-order valence-corrected chi connectivity index (χ4v) is 3.05. The Kier molecular flexibility index (Phi) is 4.23. The number of benzene rings is 1. The van der Waals surface area contributed by atoms with Gasteiger partial charge in [0.2, 0.25) is 6.54 Å². The number of rotatable bonds is 4. The molecule has 0 spiro atoms. The average Bonchev–Trinajstić information content (AvgIpc) is 2.97. The number of hydrogen-bond acceptors (Lipinski definition) is 1. The first-order valence-corrected chi connectivity index (χ1v) is 8.06. The summed E-state index contributed by atoms with van der Waals surface area (Å²) in [6.07, 6.45) is 6.57. The van der Waals surface area contributed by atoms with Crippen LogP contribution < -0.4 is 9.88 Å². The third kappa shape index (κ3) is 3.19. The van der Waals surface area contributed by atoms with Gasteiger partial charge in [0.15, 0.2) is 11.9 Å². The van der Waals surface area contributed by atoms with Crippen molar-refractivity contribution in [1.82, 2.24) is 0 Å². The highest BCUT2D eigenvalue weighted by atomic mass is 16.1. The predicted octanol–water partition coefficient (Wildman–Crippen LogP) is 2.97. The summed E-state index contributed by atoms with van der Waals surface area (Å²) >= 11 is 0. The van der Waals surface area contributed by atoms with E-state index in [1.54, 1.807) is 0 Å². The van der Waals surface area contributed by atoms with Crippen molar-refractivity contribution in [2.75, 3.05) is 5.32 Å². The zero-order chi connectivity index (χ0) is 15.5. The number of nitrogens with one attached hydrogen (secondary N) is 1. The largest absolute Gasteiger partial charge is 0.321 e. The molecule has 1 aliphatic rings. The van der Waals surface area contributed by atoms with Gasteiger partial charge in [-0.05, 0) is 55.0 Å². The molecule has 0 saturated heterocycles. The summed E-state index contributed by atoms with van der Waals surface area (Å²) in [6, 6.07) is 10.5. The van der Waals surface area contributed by atoms with E-state index in [9.17, 15) is 4.79 Å². The molecule has 0 fully saturated rings. The molecule has 0 radical (unpaired) electrons. The van der Waals surface area contributed by atoms with Crippen LogP contribution in [-0.4, -0.2) is 5.91 Å². The van der Waals surface area contributed by atoms with E-state index in [2.05, 4.69) is 42.7 Å². The van der Waals surface area contributed by atoms with Gasteiger partial charge in [-0.25, -0.2) is 0 Å². The molecule has 1 amide bonds. The van der Waals surface area contributed by atoms with E-state index in [4.69, 9.17) is 0 Å². The molecule has 1 aromatic carbocycles. The van der Waals surface area contributed by atoms with E-state index in [1.165, 1.54) is 29.5 Å². The zero-order valence-electron chi connectivity index (χ0n) is 13.4. The van der Waals surface area contributed by atoms with Gasteiger partial charge in [0.25, 0.3) is 5.91 Å². The van der Waals surface area contributed by atoms with E-state index in [1.807, 2.05) is 17.6 Å². The number of nitrogens with zero attached hydrogens (tertiary/aromatic N) is 1. The lowest BCUT2D eigenvalue weighted by Gasteiger charge is -2.07. The van der Waals surface area contributed by atoms with Crippen LogP contribution in [0.5, 0.6) is 0 Å². The predicted molar refractivity (Wildman–Crippen MR) is 87.8 cm³/mol. The molecule has 0 bridgehead atoms.